The molecule has 5 nitrogen and oxygen atoms in total. The average Bonchev–Trinajstić information content (AvgIpc) is 3.41. The lowest BCUT2D eigenvalue weighted by Gasteiger charge is -2.34. The third-order valence-electron chi connectivity index (χ3n) is 4.92. The van der Waals surface area contributed by atoms with Gasteiger partial charge in [0.2, 0.25) is 0 Å². The molecule has 4 heterocycles. The number of anilines is 1. The molecule has 0 aliphatic carbocycles. The van der Waals surface area contributed by atoms with Gasteiger partial charge in [-0.1, -0.05) is 18.2 Å². The predicted octanol–water partition coefficient (Wildman–Crippen LogP) is 4.40. The van der Waals surface area contributed by atoms with Crippen LogP contribution in [0.1, 0.15) is 18.9 Å². The number of benzene rings is 1. The van der Waals surface area contributed by atoms with E-state index in [9.17, 15) is 0 Å². The minimum absolute atomic E-state index is 0.387. The smallest absolute Gasteiger partial charge is 0.172 e. The van der Waals surface area contributed by atoms with Crippen LogP contribution in [0.5, 0.6) is 0 Å². The van der Waals surface area contributed by atoms with Crippen molar-refractivity contribution in [3.8, 4) is 10.7 Å². The molecule has 0 amide bonds. The van der Waals surface area contributed by atoms with Gasteiger partial charge in [0.05, 0.1) is 16.4 Å². The summed E-state index contributed by atoms with van der Waals surface area (Å²) in [6.07, 6.45) is 6.20. The van der Waals surface area contributed by atoms with Gasteiger partial charge in [-0.05, 0) is 42.5 Å². The second-order valence-electron chi connectivity index (χ2n) is 6.59. The van der Waals surface area contributed by atoms with Crippen LogP contribution in [0.15, 0.2) is 60.2 Å². The van der Waals surface area contributed by atoms with E-state index < -0.39 is 0 Å². The van der Waals surface area contributed by atoms with Crippen molar-refractivity contribution in [1.29, 1.82) is 0 Å². The Kier molecular flexibility index (Phi) is 3.90. The van der Waals surface area contributed by atoms with Crippen molar-refractivity contribution in [2.75, 3.05) is 18.0 Å². The van der Waals surface area contributed by atoms with Gasteiger partial charge in [0.1, 0.15) is 5.82 Å². The maximum Gasteiger partial charge on any atom is 0.172 e. The van der Waals surface area contributed by atoms with E-state index in [0.29, 0.717) is 6.04 Å². The van der Waals surface area contributed by atoms with Gasteiger partial charge in [-0.3, -0.25) is 4.68 Å². The van der Waals surface area contributed by atoms with Gasteiger partial charge < -0.3 is 4.90 Å². The average molecular weight is 361 g/mol. The van der Waals surface area contributed by atoms with Gasteiger partial charge >= 0.3 is 0 Å². The lowest BCUT2D eigenvalue weighted by atomic mass is 10.1. The first kappa shape index (κ1) is 15.5. The number of fused-ring (bicyclic) bond motifs is 1. The Hall–Kier alpha value is -2.73. The molecule has 130 valence electrons. The highest BCUT2D eigenvalue weighted by molar-refractivity contribution is 7.13. The maximum atomic E-state index is 4.98. The predicted molar refractivity (Wildman–Crippen MR) is 106 cm³/mol. The molecule has 0 radical (unpaired) electrons. The summed E-state index contributed by atoms with van der Waals surface area (Å²) in [6, 6.07) is 14.8. The highest BCUT2D eigenvalue weighted by Gasteiger charge is 2.24. The maximum absolute atomic E-state index is 4.98. The molecule has 5 rings (SSSR count). The van der Waals surface area contributed by atoms with E-state index in [-0.39, 0.29) is 0 Å². The normalized spacial score (nSPS) is 17.7. The molecular formula is C20H19N5S. The molecule has 1 aromatic carbocycles. The summed E-state index contributed by atoms with van der Waals surface area (Å²) >= 11 is 1.68. The third kappa shape index (κ3) is 2.76. The van der Waals surface area contributed by atoms with Crippen LogP contribution >= 0.6 is 11.3 Å². The lowest BCUT2D eigenvalue weighted by Crippen LogP contribution is -2.37. The van der Waals surface area contributed by atoms with Crippen molar-refractivity contribution in [2.45, 2.75) is 18.9 Å². The van der Waals surface area contributed by atoms with Gasteiger partial charge in [0, 0.05) is 30.9 Å². The quantitative estimate of drug-likeness (QED) is 0.543. The summed E-state index contributed by atoms with van der Waals surface area (Å²) in [4.78, 5) is 13.3. The monoisotopic (exact) mass is 361 g/mol. The molecule has 0 bridgehead atoms. The number of aromatic nitrogens is 4. The zero-order valence-corrected chi connectivity index (χ0v) is 15.1. The Morgan fingerprint density at radius 3 is 2.85 bits per heavy atom. The minimum Gasteiger partial charge on any atom is -0.354 e. The molecule has 1 atom stereocenters. The van der Waals surface area contributed by atoms with Crippen molar-refractivity contribution in [2.24, 2.45) is 0 Å². The van der Waals surface area contributed by atoms with Gasteiger partial charge in [0.15, 0.2) is 5.82 Å². The van der Waals surface area contributed by atoms with Crippen molar-refractivity contribution in [3.05, 3.63) is 60.2 Å². The second-order valence-corrected chi connectivity index (χ2v) is 7.54. The minimum atomic E-state index is 0.387. The van der Waals surface area contributed by atoms with E-state index in [1.54, 1.807) is 11.3 Å². The summed E-state index contributed by atoms with van der Waals surface area (Å²) in [7, 11) is 0. The molecule has 4 aromatic rings. The lowest BCUT2D eigenvalue weighted by molar-refractivity contribution is 0.375. The number of thiophene rings is 1. The molecule has 6 heteroatoms. The molecule has 26 heavy (non-hydrogen) atoms. The van der Waals surface area contributed by atoms with Crippen molar-refractivity contribution in [1.82, 2.24) is 19.7 Å². The van der Waals surface area contributed by atoms with Crippen molar-refractivity contribution in [3.63, 3.8) is 0 Å². The van der Waals surface area contributed by atoms with E-state index >= 15 is 0 Å². The molecule has 1 saturated heterocycles. The van der Waals surface area contributed by atoms with Crippen molar-refractivity contribution < 1.29 is 0 Å². The van der Waals surface area contributed by atoms with Crippen LogP contribution in [-0.2, 0) is 0 Å². The molecule has 0 N–H and O–H groups in total. The Balaban J connectivity index is 1.59. The molecule has 0 spiro atoms. The van der Waals surface area contributed by atoms with Crippen LogP contribution in [0.4, 0.5) is 5.82 Å². The molecule has 1 fully saturated rings. The number of para-hydroxylation sites is 1. The molecule has 3 aromatic heterocycles. The van der Waals surface area contributed by atoms with Gasteiger partial charge in [-0.2, -0.15) is 5.10 Å². The number of piperidine rings is 1. The fourth-order valence-electron chi connectivity index (χ4n) is 3.68. The summed E-state index contributed by atoms with van der Waals surface area (Å²) in [6.45, 7) is 1.94. The first-order valence-electron chi connectivity index (χ1n) is 8.93. The Bertz CT molecular complexity index is 1010. The molecular weight excluding hydrogens is 342 g/mol. The van der Waals surface area contributed by atoms with Gasteiger partial charge in [-0.25, -0.2) is 9.97 Å². The summed E-state index contributed by atoms with van der Waals surface area (Å²) in [5.41, 5.74) is 1.00. The van der Waals surface area contributed by atoms with Crippen LogP contribution in [0.25, 0.3) is 21.6 Å². The first-order chi connectivity index (χ1) is 12.9. The van der Waals surface area contributed by atoms with E-state index in [2.05, 4.69) is 50.5 Å². The summed E-state index contributed by atoms with van der Waals surface area (Å²) in [5, 5.41) is 7.64. The molecule has 1 unspecified atom stereocenters. The third-order valence-corrected chi connectivity index (χ3v) is 5.79. The molecule has 1 aliphatic rings. The summed E-state index contributed by atoms with van der Waals surface area (Å²) < 4.78 is 2.08. The highest BCUT2D eigenvalue weighted by Crippen LogP contribution is 2.32. The number of nitrogens with zero attached hydrogens (tertiary/aromatic N) is 5. The van der Waals surface area contributed by atoms with E-state index in [1.165, 1.54) is 0 Å². The van der Waals surface area contributed by atoms with E-state index in [1.807, 2.05) is 24.4 Å². The van der Waals surface area contributed by atoms with Gasteiger partial charge in [-0.15, -0.1) is 11.3 Å². The van der Waals surface area contributed by atoms with Crippen LogP contribution in [0.3, 0.4) is 0 Å². The Morgan fingerprint density at radius 1 is 1.04 bits per heavy atom. The zero-order valence-electron chi connectivity index (χ0n) is 14.3. The number of rotatable bonds is 3. The van der Waals surface area contributed by atoms with E-state index in [4.69, 9.17) is 9.97 Å². The standard InChI is InChI=1S/C20H19N5S/c1-2-8-17-16(7-1)20(23-19(22-17)18-9-4-13-26-18)24-11-3-6-15(14-24)25-12-5-10-21-25/h1-2,4-5,7-10,12-13,15H,3,6,11,14H2. The number of hydrogen-bond donors (Lipinski definition) is 0. The molecule has 1 aliphatic heterocycles. The summed E-state index contributed by atoms with van der Waals surface area (Å²) in [5.74, 6) is 1.85. The fourth-order valence-corrected chi connectivity index (χ4v) is 4.33. The zero-order chi connectivity index (χ0) is 17.3. The van der Waals surface area contributed by atoms with Gasteiger partial charge in [0.25, 0.3) is 0 Å². The fraction of sp³-hybridized carbons (Fsp3) is 0.250. The highest BCUT2D eigenvalue weighted by atomic mass is 32.1. The SMILES string of the molecule is c1csc(-c2nc(N3CCCC(n4cccn4)C3)c3ccccc3n2)c1. The van der Waals surface area contributed by atoms with Crippen molar-refractivity contribution >= 4 is 28.1 Å². The van der Waals surface area contributed by atoms with Crippen LogP contribution in [0, 0.1) is 0 Å². The Morgan fingerprint density at radius 2 is 2.00 bits per heavy atom. The van der Waals surface area contributed by atoms with Crippen LogP contribution < -0.4 is 4.90 Å². The topological polar surface area (TPSA) is 46.8 Å². The number of hydrogen-bond acceptors (Lipinski definition) is 5. The second kappa shape index (κ2) is 6.53. The van der Waals surface area contributed by atoms with E-state index in [0.717, 1.165) is 53.4 Å². The first-order valence-corrected chi connectivity index (χ1v) is 9.81. The Labute approximate surface area is 155 Å². The van der Waals surface area contributed by atoms with Crippen LogP contribution in [-0.4, -0.2) is 32.8 Å². The largest absolute Gasteiger partial charge is 0.354 e. The molecule has 0 saturated carbocycles. The van der Waals surface area contributed by atoms with Crippen LogP contribution in [0.2, 0.25) is 0 Å².